The molecule has 1 heterocycles. The van der Waals surface area contributed by atoms with Crippen molar-refractivity contribution in [3.05, 3.63) is 0 Å². The molecule has 3 unspecified atom stereocenters. The number of amides is 1. The van der Waals surface area contributed by atoms with Crippen LogP contribution in [-0.2, 0) is 15.8 Å². The van der Waals surface area contributed by atoms with E-state index in [-0.39, 0.29) is 13.1 Å². The first kappa shape index (κ1) is 13.4. The highest BCUT2D eigenvalue weighted by molar-refractivity contribution is 7.80. The van der Waals surface area contributed by atoms with Crippen LogP contribution in [0, 0.1) is 0 Å². The predicted molar refractivity (Wildman–Crippen MR) is 57.3 cm³/mol. The van der Waals surface area contributed by atoms with Crippen LogP contribution in [0.15, 0.2) is 0 Å². The van der Waals surface area contributed by atoms with E-state index in [0.717, 1.165) is 4.90 Å². The van der Waals surface area contributed by atoms with Gasteiger partial charge in [-0.15, -0.1) is 0 Å². The van der Waals surface area contributed by atoms with Crippen LogP contribution in [0.2, 0.25) is 0 Å². The Balaban J connectivity index is 2.58. The second kappa shape index (κ2) is 4.67. The van der Waals surface area contributed by atoms with Crippen molar-refractivity contribution < 1.29 is 22.7 Å². The second-order valence-corrected chi connectivity index (χ2v) is 5.87. The molecule has 0 spiro atoms. The molecule has 1 rings (SSSR count). The van der Waals surface area contributed by atoms with Gasteiger partial charge in [-0.05, 0) is 20.8 Å². The lowest BCUT2D eigenvalue weighted by Gasteiger charge is -2.24. The summed E-state index contributed by atoms with van der Waals surface area (Å²) in [6, 6.07) is 0. The van der Waals surface area contributed by atoms with Gasteiger partial charge in [-0.25, -0.2) is 13.4 Å². The number of ether oxygens (including phenoxy) is 1. The number of hydrogen-bond acceptors (Lipinski definition) is 3. The first-order valence-corrected chi connectivity index (χ1v) is 6.09. The minimum absolute atomic E-state index is 0.0841. The molecule has 0 bridgehead atoms. The van der Waals surface area contributed by atoms with E-state index in [9.17, 15) is 13.4 Å². The molecule has 1 saturated heterocycles. The van der Waals surface area contributed by atoms with Crippen LogP contribution in [0.3, 0.4) is 0 Å². The summed E-state index contributed by atoms with van der Waals surface area (Å²) in [4.78, 5) is 12.7. The average molecular weight is 253 g/mol. The highest BCUT2D eigenvalue weighted by atomic mass is 32.2. The van der Waals surface area contributed by atoms with Crippen molar-refractivity contribution in [3.63, 3.8) is 0 Å². The number of carbonyl (C=O) groups is 1. The Bertz CT molecular complexity index is 304. The molecule has 16 heavy (non-hydrogen) atoms. The van der Waals surface area contributed by atoms with Gasteiger partial charge in [-0.3, -0.25) is 0 Å². The maximum atomic E-state index is 13.3. The summed E-state index contributed by atoms with van der Waals surface area (Å²) in [5, 5.41) is -1.03. The highest BCUT2D eigenvalue weighted by Gasteiger charge is 2.40. The Morgan fingerprint density at radius 2 is 2.06 bits per heavy atom. The SMILES string of the molecule is CC(C)(C)OC(=O)N1CC(F)C(S(=O)O)C1. The largest absolute Gasteiger partial charge is 0.444 e. The summed E-state index contributed by atoms with van der Waals surface area (Å²) in [5.41, 5.74) is -0.653. The molecule has 1 fully saturated rings. The van der Waals surface area contributed by atoms with Gasteiger partial charge in [-0.2, -0.15) is 0 Å². The Labute approximate surface area is 96.2 Å². The molecule has 1 aliphatic rings. The molecule has 1 amide bonds. The zero-order chi connectivity index (χ0) is 12.5. The molecule has 0 aliphatic carbocycles. The van der Waals surface area contributed by atoms with E-state index in [0.29, 0.717) is 0 Å². The molecule has 0 radical (unpaired) electrons. The fourth-order valence-corrected chi connectivity index (χ4v) is 2.05. The monoisotopic (exact) mass is 253 g/mol. The third kappa shape index (κ3) is 3.41. The highest BCUT2D eigenvalue weighted by Crippen LogP contribution is 2.20. The molecule has 1 N–H and O–H groups in total. The molecular formula is C9H16FNO4S. The van der Waals surface area contributed by atoms with Crippen molar-refractivity contribution in [2.24, 2.45) is 0 Å². The minimum atomic E-state index is -2.26. The molecule has 94 valence electrons. The summed E-state index contributed by atoms with van der Waals surface area (Å²) >= 11 is -2.26. The molecule has 0 aromatic rings. The number of halogens is 1. The lowest BCUT2D eigenvalue weighted by molar-refractivity contribution is 0.0284. The van der Waals surface area contributed by atoms with Crippen molar-refractivity contribution in [1.29, 1.82) is 0 Å². The van der Waals surface area contributed by atoms with Crippen LogP contribution < -0.4 is 0 Å². The van der Waals surface area contributed by atoms with E-state index < -0.39 is 34.2 Å². The van der Waals surface area contributed by atoms with Crippen LogP contribution in [-0.4, -0.2) is 49.9 Å². The van der Waals surface area contributed by atoms with Crippen molar-refractivity contribution in [3.8, 4) is 0 Å². The van der Waals surface area contributed by atoms with Gasteiger partial charge in [-0.1, -0.05) is 0 Å². The molecule has 0 saturated carbocycles. The van der Waals surface area contributed by atoms with E-state index >= 15 is 0 Å². The molecular weight excluding hydrogens is 237 g/mol. The Morgan fingerprint density at radius 3 is 2.44 bits per heavy atom. The van der Waals surface area contributed by atoms with Crippen molar-refractivity contribution in [1.82, 2.24) is 4.90 Å². The van der Waals surface area contributed by atoms with Gasteiger partial charge in [0.15, 0.2) is 11.1 Å². The zero-order valence-electron chi connectivity index (χ0n) is 9.47. The Morgan fingerprint density at radius 1 is 1.50 bits per heavy atom. The molecule has 0 aromatic carbocycles. The van der Waals surface area contributed by atoms with E-state index in [1.165, 1.54) is 0 Å². The van der Waals surface area contributed by atoms with Gasteiger partial charge >= 0.3 is 6.09 Å². The van der Waals surface area contributed by atoms with E-state index in [1.807, 2.05) is 0 Å². The Kier molecular flexibility index (Phi) is 3.90. The zero-order valence-corrected chi connectivity index (χ0v) is 10.3. The number of rotatable bonds is 1. The molecule has 3 atom stereocenters. The fraction of sp³-hybridized carbons (Fsp3) is 0.889. The first-order chi connectivity index (χ1) is 7.20. The maximum Gasteiger partial charge on any atom is 0.410 e. The average Bonchev–Trinajstić information content (AvgIpc) is 2.44. The van der Waals surface area contributed by atoms with Gasteiger partial charge in [0.25, 0.3) is 0 Å². The summed E-state index contributed by atoms with van der Waals surface area (Å²) < 4.78 is 37.9. The lowest BCUT2D eigenvalue weighted by atomic mass is 10.2. The van der Waals surface area contributed by atoms with Gasteiger partial charge in [0.1, 0.15) is 17.0 Å². The number of alkyl halides is 1. The minimum Gasteiger partial charge on any atom is -0.444 e. The van der Waals surface area contributed by atoms with Crippen LogP contribution in [0.25, 0.3) is 0 Å². The lowest BCUT2D eigenvalue weighted by Crippen LogP contribution is -2.36. The van der Waals surface area contributed by atoms with Gasteiger partial charge in [0, 0.05) is 6.54 Å². The van der Waals surface area contributed by atoms with E-state index in [2.05, 4.69) is 0 Å². The fourth-order valence-electron chi connectivity index (χ4n) is 1.40. The van der Waals surface area contributed by atoms with Crippen molar-refractivity contribution in [2.45, 2.75) is 37.8 Å². The molecule has 1 aliphatic heterocycles. The van der Waals surface area contributed by atoms with Crippen molar-refractivity contribution in [2.75, 3.05) is 13.1 Å². The third-order valence-electron chi connectivity index (χ3n) is 2.11. The van der Waals surface area contributed by atoms with Gasteiger partial charge in [0.05, 0.1) is 6.54 Å². The summed E-state index contributed by atoms with van der Waals surface area (Å²) in [5.74, 6) is 0. The van der Waals surface area contributed by atoms with Crippen LogP contribution in [0.5, 0.6) is 0 Å². The number of carbonyl (C=O) groups excluding carboxylic acids is 1. The number of nitrogens with zero attached hydrogens (tertiary/aromatic N) is 1. The molecule has 0 aromatic heterocycles. The number of likely N-dealkylation sites (tertiary alicyclic amines) is 1. The topological polar surface area (TPSA) is 66.8 Å². The first-order valence-electron chi connectivity index (χ1n) is 4.92. The maximum absolute atomic E-state index is 13.3. The van der Waals surface area contributed by atoms with Crippen LogP contribution in [0.4, 0.5) is 9.18 Å². The predicted octanol–water partition coefficient (Wildman–Crippen LogP) is 1.17. The summed E-state index contributed by atoms with van der Waals surface area (Å²) in [6.45, 7) is 4.84. The Hall–Kier alpha value is -0.690. The third-order valence-corrected chi connectivity index (χ3v) is 3.07. The smallest absolute Gasteiger partial charge is 0.410 e. The quantitative estimate of drug-likeness (QED) is 0.712. The normalized spacial score (nSPS) is 27.9. The summed E-state index contributed by atoms with van der Waals surface area (Å²) in [7, 11) is 0. The standard InChI is InChI=1S/C9H16FNO4S/c1-9(2,3)15-8(12)11-4-6(10)7(5-11)16(13)14/h6-7H,4-5H2,1-3H3,(H,13,14). The van der Waals surface area contributed by atoms with Gasteiger partial charge < -0.3 is 14.2 Å². The van der Waals surface area contributed by atoms with E-state index in [4.69, 9.17) is 9.29 Å². The number of hydrogen-bond donors (Lipinski definition) is 1. The van der Waals surface area contributed by atoms with Gasteiger partial charge in [0.2, 0.25) is 0 Å². The summed E-state index contributed by atoms with van der Waals surface area (Å²) in [6.07, 6.45) is -2.12. The van der Waals surface area contributed by atoms with Crippen molar-refractivity contribution >= 4 is 17.2 Å². The molecule has 7 heteroatoms. The molecule has 5 nitrogen and oxygen atoms in total. The van der Waals surface area contributed by atoms with Crippen LogP contribution in [0.1, 0.15) is 20.8 Å². The second-order valence-electron chi connectivity index (χ2n) is 4.72. The van der Waals surface area contributed by atoms with E-state index in [1.54, 1.807) is 20.8 Å². The van der Waals surface area contributed by atoms with Crippen LogP contribution >= 0.6 is 0 Å².